The van der Waals surface area contributed by atoms with Gasteiger partial charge in [0.1, 0.15) is 11.5 Å². The van der Waals surface area contributed by atoms with Gasteiger partial charge in [-0.2, -0.15) is 0 Å². The van der Waals surface area contributed by atoms with Crippen molar-refractivity contribution in [2.24, 2.45) is 0 Å². The molecule has 4 heteroatoms. The van der Waals surface area contributed by atoms with Gasteiger partial charge in [0, 0.05) is 33.1 Å². The van der Waals surface area contributed by atoms with Crippen LogP contribution >= 0.6 is 0 Å². The first-order chi connectivity index (χ1) is 25.3. The van der Waals surface area contributed by atoms with Crippen molar-refractivity contribution in [3.8, 4) is 11.5 Å². The number of rotatable bonds is 2. The summed E-state index contributed by atoms with van der Waals surface area (Å²) < 4.78 is 7.34. The summed E-state index contributed by atoms with van der Waals surface area (Å²) in [6.07, 6.45) is 0. The minimum atomic E-state index is -2.69. The molecule has 0 N–H and O–H groups in total. The van der Waals surface area contributed by atoms with E-state index in [1.54, 1.807) is 0 Å². The van der Waals surface area contributed by atoms with Crippen LogP contribution in [-0.2, 0) is 27.1 Å². The average Bonchev–Trinajstić information content (AvgIpc) is 3.06. The molecular weight excluding hydrogens is 685 g/mol. The Labute approximate surface area is 332 Å². The molecule has 0 amide bonds. The number of ether oxygens (including phenoxy) is 1. The lowest BCUT2D eigenvalue weighted by Crippen LogP contribution is -2.73. The van der Waals surface area contributed by atoms with Gasteiger partial charge >= 0.3 is 0 Å². The van der Waals surface area contributed by atoms with E-state index < -0.39 is 8.07 Å². The monoisotopic (exact) mass is 746 g/mol. The van der Waals surface area contributed by atoms with Gasteiger partial charge in [0.15, 0.2) is 8.07 Å². The molecule has 0 atom stereocenters. The molecule has 0 unspecified atom stereocenters. The van der Waals surface area contributed by atoms with E-state index >= 15 is 0 Å². The number of hydrogen-bond donors (Lipinski definition) is 0. The van der Waals surface area contributed by atoms with Gasteiger partial charge in [-0.25, -0.2) is 0 Å². The van der Waals surface area contributed by atoms with Crippen molar-refractivity contribution >= 4 is 57.8 Å². The Bertz CT molecular complexity index is 2210. The Hall–Kier alpha value is -4.28. The highest BCUT2D eigenvalue weighted by atomic mass is 28.3. The van der Waals surface area contributed by atoms with E-state index in [4.69, 9.17) is 4.74 Å². The second-order valence-corrected chi connectivity index (χ2v) is 25.6. The normalized spacial score (nSPS) is 15.9. The molecule has 0 aliphatic carbocycles. The van der Waals surface area contributed by atoms with E-state index in [1.807, 2.05) is 0 Å². The molecule has 0 aromatic heterocycles. The van der Waals surface area contributed by atoms with Gasteiger partial charge in [0.05, 0.1) is 11.4 Å². The molecule has 0 spiro atoms. The highest BCUT2D eigenvalue weighted by molar-refractivity contribution is 7.15. The summed E-state index contributed by atoms with van der Waals surface area (Å²) in [5, 5.41) is 4.24. The van der Waals surface area contributed by atoms with Crippen molar-refractivity contribution in [2.45, 2.75) is 137 Å². The number of hydrogen-bond acceptors (Lipinski definition) is 3. The maximum absolute atomic E-state index is 7.34. The van der Waals surface area contributed by atoms with Crippen LogP contribution in [0, 0.1) is 0 Å². The first-order valence-corrected chi connectivity index (χ1v) is 22.9. The Kier molecular flexibility index (Phi) is 7.96. The van der Waals surface area contributed by atoms with Crippen molar-refractivity contribution in [1.29, 1.82) is 0 Å². The van der Waals surface area contributed by atoms with Gasteiger partial charge in [-0.15, -0.1) is 0 Å². The van der Waals surface area contributed by atoms with Gasteiger partial charge in [-0.05, 0) is 121 Å². The zero-order chi connectivity index (χ0) is 40.0. The quantitative estimate of drug-likeness (QED) is 0.164. The fourth-order valence-electron chi connectivity index (χ4n) is 9.03. The summed E-state index contributed by atoms with van der Waals surface area (Å²) in [5.74, 6) is 2.05. The van der Waals surface area contributed by atoms with Crippen LogP contribution in [0.4, 0.5) is 34.1 Å². The van der Waals surface area contributed by atoms with Crippen molar-refractivity contribution in [2.75, 3.05) is 9.80 Å². The van der Waals surface area contributed by atoms with Crippen LogP contribution in [0.3, 0.4) is 0 Å². The molecule has 0 radical (unpaired) electrons. The summed E-state index contributed by atoms with van der Waals surface area (Å²) in [6, 6.07) is 33.5. The average molecular weight is 747 g/mol. The highest BCUT2D eigenvalue weighted by Gasteiger charge is 2.56. The third kappa shape index (κ3) is 5.80. The smallest absolute Gasteiger partial charge is 0.165 e. The van der Waals surface area contributed by atoms with E-state index in [1.165, 1.54) is 77.5 Å². The van der Waals surface area contributed by atoms with Crippen LogP contribution in [0.25, 0.3) is 0 Å². The maximum Gasteiger partial charge on any atom is 0.165 e. The molecule has 8 rings (SSSR count). The summed E-state index contributed by atoms with van der Waals surface area (Å²) in [6.45, 7) is 37.4. The number of anilines is 6. The molecule has 3 nitrogen and oxygen atoms in total. The Balaban J connectivity index is 1.55. The molecule has 286 valence electrons. The minimum absolute atomic E-state index is 0.0610. The second-order valence-electron chi connectivity index (χ2n) is 21.9. The lowest BCUT2D eigenvalue weighted by Gasteiger charge is -2.52. The SMILES string of the molecule is CC(C)(C)c1ccc(N2c3cc(C(C)(C)C)cc4c3[Si]3(C)c5c(cc(C(C)(C)C)cc5N(c5ccc(C(C)(C)C)cc5)c5cc(C(C)(C)C)cc2c53)O4)cc1. The molecule has 0 fully saturated rings. The van der Waals surface area contributed by atoms with Crippen molar-refractivity contribution in [3.63, 3.8) is 0 Å². The van der Waals surface area contributed by atoms with E-state index in [-0.39, 0.29) is 27.1 Å². The Morgan fingerprint density at radius 3 is 0.927 bits per heavy atom. The van der Waals surface area contributed by atoms with E-state index in [0.29, 0.717) is 0 Å². The standard InChI is InChI=1S/C51H62N2OSi/c1-47(2,3)31-17-21-36(22-18-31)52-38-25-33(49(7,8)9)26-39-44(38)55(16)45-40(52)27-34(50(10,11)12)29-42(45)54-43-30-35(51(13,14)15)28-41(46(43)55)53(39)37-23-19-32(20-24-37)48(4,5)6/h17-30H,1-16H3. The maximum atomic E-state index is 7.34. The first kappa shape index (κ1) is 37.6. The first-order valence-electron chi connectivity index (χ1n) is 20.4. The fourth-order valence-corrected chi connectivity index (χ4v) is 13.8. The third-order valence-corrected chi connectivity index (χ3v) is 17.0. The van der Waals surface area contributed by atoms with Crippen molar-refractivity contribution in [1.82, 2.24) is 0 Å². The second kappa shape index (κ2) is 11.6. The predicted octanol–water partition coefficient (Wildman–Crippen LogP) is 12.9. The third-order valence-electron chi connectivity index (χ3n) is 12.5. The molecule has 5 aromatic carbocycles. The lowest BCUT2D eigenvalue weighted by molar-refractivity contribution is 0.479. The summed E-state index contributed by atoms with van der Waals surface area (Å²) in [7, 11) is -2.69. The molecule has 3 aliphatic heterocycles. The van der Waals surface area contributed by atoms with Gasteiger partial charge in [-0.3, -0.25) is 0 Å². The fraction of sp³-hybridized carbons (Fsp3) is 0.412. The zero-order valence-corrected chi connectivity index (χ0v) is 37.4. The zero-order valence-electron chi connectivity index (χ0n) is 36.4. The van der Waals surface area contributed by atoms with Gasteiger partial charge < -0.3 is 14.5 Å². The van der Waals surface area contributed by atoms with Gasteiger partial charge in [0.25, 0.3) is 0 Å². The van der Waals surface area contributed by atoms with Crippen LogP contribution in [0.2, 0.25) is 6.55 Å². The molecule has 3 heterocycles. The molecule has 5 aromatic rings. The molecule has 0 saturated carbocycles. The van der Waals surface area contributed by atoms with Gasteiger partial charge in [0.2, 0.25) is 0 Å². The summed E-state index contributed by atoms with van der Waals surface area (Å²) in [5.41, 5.74) is 14.0. The van der Waals surface area contributed by atoms with Crippen LogP contribution in [0.5, 0.6) is 11.5 Å². The summed E-state index contributed by atoms with van der Waals surface area (Å²) in [4.78, 5) is 5.18. The number of nitrogens with zero attached hydrogens (tertiary/aromatic N) is 2. The molecule has 0 bridgehead atoms. The molecule has 55 heavy (non-hydrogen) atoms. The van der Waals surface area contributed by atoms with Crippen molar-refractivity contribution < 1.29 is 4.74 Å². The number of benzene rings is 5. The van der Waals surface area contributed by atoms with Crippen LogP contribution < -0.4 is 30.1 Å². The van der Waals surface area contributed by atoms with Crippen LogP contribution in [0.1, 0.15) is 132 Å². The molecule has 0 saturated heterocycles. The van der Waals surface area contributed by atoms with Crippen LogP contribution in [-0.4, -0.2) is 8.07 Å². The molecular formula is C51H62N2OSi. The topological polar surface area (TPSA) is 15.7 Å². The largest absolute Gasteiger partial charge is 0.457 e. The van der Waals surface area contributed by atoms with Gasteiger partial charge in [-0.1, -0.05) is 135 Å². The van der Waals surface area contributed by atoms with Crippen LogP contribution in [0.15, 0.2) is 84.9 Å². The lowest BCUT2D eigenvalue weighted by atomic mass is 9.84. The minimum Gasteiger partial charge on any atom is -0.457 e. The summed E-state index contributed by atoms with van der Waals surface area (Å²) >= 11 is 0. The predicted molar refractivity (Wildman–Crippen MR) is 240 cm³/mol. The van der Waals surface area contributed by atoms with Crippen molar-refractivity contribution in [3.05, 3.63) is 113 Å². The Morgan fingerprint density at radius 2 is 0.636 bits per heavy atom. The van der Waals surface area contributed by atoms with E-state index in [0.717, 1.165) is 11.5 Å². The molecule has 3 aliphatic rings. The highest BCUT2D eigenvalue weighted by Crippen LogP contribution is 2.54. The van der Waals surface area contributed by atoms with E-state index in [2.05, 4.69) is 205 Å². The Morgan fingerprint density at radius 1 is 0.364 bits per heavy atom. The van der Waals surface area contributed by atoms with E-state index in [9.17, 15) is 0 Å².